The minimum atomic E-state index is -0.198. The molecular weight excluding hydrogens is 230 g/mol. The van der Waals surface area contributed by atoms with Crippen LogP contribution in [-0.4, -0.2) is 19.0 Å². The summed E-state index contributed by atoms with van der Waals surface area (Å²) >= 11 is 0. The lowest BCUT2D eigenvalue weighted by Gasteiger charge is -2.04. The number of hydrogen-bond acceptors (Lipinski definition) is 3. The number of rotatable bonds is 6. The van der Waals surface area contributed by atoms with Crippen LogP contribution >= 0.6 is 0 Å². The highest BCUT2D eigenvalue weighted by Gasteiger charge is 2.04. The van der Waals surface area contributed by atoms with Gasteiger partial charge in [-0.15, -0.1) is 0 Å². The molecule has 6 nitrogen and oxygen atoms in total. The summed E-state index contributed by atoms with van der Waals surface area (Å²) in [5.41, 5.74) is 9.01. The molecule has 0 spiro atoms. The SMILES string of the molecule is N#Cc1cccc(C(=O)NCCCCN=[N+]=[N-])c1. The number of unbranched alkanes of at least 4 members (excludes halogenated alkanes) is 1. The summed E-state index contributed by atoms with van der Waals surface area (Å²) in [6.07, 6.45) is 1.49. The Kier molecular flexibility index (Phi) is 5.81. The summed E-state index contributed by atoms with van der Waals surface area (Å²) in [7, 11) is 0. The second-order valence-electron chi connectivity index (χ2n) is 3.61. The standard InChI is InChI=1S/C12H13N5O/c13-9-10-4-3-5-11(8-10)12(18)15-6-1-2-7-16-17-14/h3-5,8H,1-2,6-7H2,(H,15,18). The van der Waals surface area contributed by atoms with Crippen molar-refractivity contribution >= 4 is 5.91 Å². The topological polar surface area (TPSA) is 102 Å². The Morgan fingerprint density at radius 1 is 1.50 bits per heavy atom. The fourth-order valence-electron chi connectivity index (χ4n) is 1.39. The molecule has 0 aliphatic heterocycles. The zero-order valence-corrected chi connectivity index (χ0v) is 9.83. The van der Waals surface area contributed by atoms with E-state index < -0.39 is 0 Å². The first kappa shape index (κ1) is 13.6. The zero-order valence-electron chi connectivity index (χ0n) is 9.83. The Balaban J connectivity index is 2.36. The van der Waals surface area contributed by atoms with E-state index in [9.17, 15) is 4.79 Å². The molecule has 92 valence electrons. The average molecular weight is 243 g/mol. The lowest BCUT2D eigenvalue weighted by Crippen LogP contribution is -2.24. The van der Waals surface area contributed by atoms with Gasteiger partial charge in [0.1, 0.15) is 0 Å². The highest BCUT2D eigenvalue weighted by molar-refractivity contribution is 5.94. The maximum absolute atomic E-state index is 11.7. The van der Waals surface area contributed by atoms with Crippen molar-refractivity contribution < 1.29 is 4.79 Å². The summed E-state index contributed by atoms with van der Waals surface area (Å²) in [5.74, 6) is -0.198. The first-order chi connectivity index (χ1) is 8.77. The molecule has 1 amide bonds. The van der Waals surface area contributed by atoms with Crippen LogP contribution in [0.2, 0.25) is 0 Å². The number of nitrogens with zero attached hydrogens (tertiary/aromatic N) is 4. The van der Waals surface area contributed by atoms with Crippen LogP contribution in [0.1, 0.15) is 28.8 Å². The molecule has 0 aliphatic carbocycles. The molecule has 18 heavy (non-hydrogen) atoms. The molecule has 0 heterocycles. The molecule has 0 aromatic heterocycles. The van der Waals surface area contributed by atoms with Crippen molar-refractivity contribution in [3.63, 3.8) is 0 Å². The van der Waals surface area contributed by atoms with Gasteiger partial charge in [0.25, 0.3) is 5.91 Å². The molecule has 0 unspecified atom stereocenters. The van der Waals surface area contributed by atoms with Crippen molar-refractivity contribution in [3.8, 4) is 6.07 Å². The summed E-state index contributed by atoms with van der Waals surface area (Å²) in [6.45, 7) is 0.965. The molecule has 0 bridgehead atoms. The van der Waals surface area contributed by atoms with Crippen molar-refractivity contribution in [1.29, 1.82) is 5.26 Å². The van der Waals surface area contributed by atoms with Gasteiger partial charge in [0.15, 0.2) is 0 Å². The average Bonchev–Trinajstić information content (AvgIpc) is 2.42. The molecule has 0 saturated carbocycles. The minimum absolute atomic E-state index is 0.198. The van der Waals surface area contributed by atoms with Crippen molar-refractivity contribution in [2.45, 2.75) is 12.8 Å². The first-order valence-corrected chi connectivity index (χ1v) is 5.57. The fourth-order valence-corrected chi connectivity index (χ4v) is 1.39. The van der Waals surface area contributed by atoms with Crippen LogP contribution < -0.4 is 5.32 Å². The molecule has 1 rings (SSSR count). The summed E-state index contributed by atoms with van der Waals surface area (Å²) < 4.78 is 0. The van der Waals surface area contributed by atoms with Crippen LogP contribution in [0.5, 0.6) is 0 Å². The van der Waals surface area contributed by atoms with E-state index in [-0.39, 0.29) is 5.91 Å². The number of nitriles is 1. The third-order valence-electron chi connectivity index (χ3n) is 2.29. The van der Waals surface area contributed by atoms with Gasteiger partial charge < -0.3 is 5.32 Å². The quantitative estimate of drug-likeness (QED) is 0.359. The predicted molar refractivity (Wildman–Crippen MR) is 66.7 cm³/mol. The van der Waals surface area contributed by atoms with Crippen LogP contribution in [-0.2, 0) is 0 Å². The van der Waals surface area contributed by atoms with E-state index in [0.29, 0.717) is 24.2 Å². The number of amides is 1. The second kappa shape index (κ2) is 7.71. The van der Waals surface area contributed by atoms with Gasteiger partial charge in [-0.2, -0.15) is 5.26 Å². The maximum atomic E-state index is 11.7. The van der Waals surface area contributed by atoms with Gasteiger partial charge in [0, 0.05) is 23.6 Å². The van der Waals surface area contributed by atoms with E-state index >= 15 is 0 Å². The first-order valence-electron chi connectivity index (χ1n) is 5.57. The van der Waals surface area contributed by atoms with Gasteiger partial charge in [-0.3, -0.25) is 4.79 Å². The monoisotopic (exact) mass is 243 g/mol. The third kappa shape index (κ3) is 4.56. The molecule has 0 atom stereocenters. The van der Waals surface area contributed by atoms with E-state index in [1.165, 1.54) is 0 Å². The summed E-state index contributed by atoms with van der Waals surface area (Å²) in [4.78, 5) is 14.3. The molecular formula is C12H13N5O. The Morgan fingerprint density at radius 3 is 3.06 bits per heavy atom. The van der Waals surface area contributed by atoms with Gasteiger partial charge in [-0.05, 0) is 36.6 Å². The zero-order chi connectivity index (χ0) is 13.2. The van der Waals surface area contributed by atoms with Gasteiger partial charge >= 0.3 is 0 Å². The number of hydrogen-bond donors (Lipinski definition) is 1. The van der Waals surface area contributed by atoms with Crippen LogP contribution in [0.3, 0.4) is 0 Å². The Morgan fingerprint density at radius 2 is 2.33 bits per heavy atom. The van der Waals surface area contributed by atoms with Gasteiger partial charge in [0.05, 0.1) is 11.6 Å². The summed E-state index contributed by atoms with van der Waals surface area (Å²) in [6, 6.07) is 8.53. The largest absolute Gasteiger partial charge is 0.352 e. The van der Waals surface area contributed by atoms with Crippen molar-refractivity contribution in [2.75, 3.05) is 13.1 Å². The smallest absolute Gasteiger partial charge is 0.251 e. The predicted octanol–water partition coefficient (Wildman–Crippen LogP) is 2.38. The molecule has 1 aromatic carbocycles. The van der Waals surface area contributed by atoms with E-state index in [1.54, 1.807) is 24.3 Å². The van der Waals surface area contributed by atoms with Gasteiger partial charge in [-0.1, -0.05) is 11.2 Å². The van der Waals surface area contributed by atoms with E-state index in [4.69, 9.17) is 10.8 Å². The van der Waals surface area contributed by atoms with Crippen molar-refractivity contribution in [3.05, 3.63) is 45.8 Å². The normalized spacial score (nSPS) is 9.06. The molecule has 0 radical (unpaired) electrons. The Hall–Kier alpha value is -2.51. The second-order valence-corrected chi connectivity index (χ2v) is 3.61. The van der Waals surface area contributed by atoms with Crippen molar-refractivity contribution in [1.82, 2.24) is 5.32 Å². The molecule has 0 fully saturated rings. The summed E-state index contributed by atoms with van der Waals surface area (Å²) in [5, 5.41) is 14.9. The van der Waals surface area contributed by atoms with E-state index in [1.807, 2.05) is 6.07 Å². The Labute approximate surface area is 105 Å². The minimum Gasteiger partial charge on any atom is -0.352 e. The number of nitrogens with one attached hydrogen (secondary N) is 1. The highest BCUT2D eigenvalue weighted by atomic mass is 16.1. The molecule has 0 aliphatic rings. The van der Waals surface area contributed by atoms with E-state index in [0.717, 1.165) is 12.8 Å². The van der Waals surface area contributed by atoms with Crippen LogP contribution in [0, 0.1) is 11.3 Å². The fraction of sp³-hybridized carbons (Fsp3) is 0.333. The molecule has 1 N–H and O–H groups in total. The number of benzene rings is 1. The van der Waals surface area contributed by atoms with Crippen LogP contribution in [0.4, 0.5) is 0 Å². The van der Waals surface area contributed by atoms with E-state index in [2.05, 4.69) is 15.3 Å². The maximum Gasteiger partial charge on any atom is 0.251 e. The van der Waals surface area contributed by atoms with Gasteiger partial charge in [0.2, 0.25) is 0 Å². The lowest BCUT2D eigenvalue weighted by molar-refractivity contribution is 0.0953. The van der Waals surface area contributed by atoms with Crippen LogP contribution in [0.15, 0.2) is 29.4 Å². The van der Waals surface area contributed by atoms with Gasteiger partial charge in [-0.25, -0.2) is 0 Å². The molecule has 0 saturated heterocycles. The molecule has 6 heteroatoms. The van der Waals surface area contributed by atoms with Crippen molar-refractivity contribution in [2.24, 2.45) is 5.11 Å². The van der Waals surface area contributed by atoms with Crippen LogP contribution in [0.25, 0.3) is 10.4 Å². The number of carbonyl (C=O) groups is 1. The highest BCUT2D eigenvalue weighted by Crippen LogP contribution is 2.03. The Bertz CT molecular complexity index is 499. The third-order valence-corrected chi connectivity index (χ3v) is 2.29. The lowest BCUT2D eigenvalue weighted by atomic mass is 10.1. The number of azide groups is 1. The molecule has 1 aromatic rings. The number of carbonyl (C=O) groups excluding carboxylic acids is 1.